The molecule has 0 spiro atoms. The van der Waals surface area contributed by atoms with Gasteiger partial charge in [-0.15, -0.1) is 0 Å². The van der Waals surface area contributed by atoms with E-state index in [9.17, 15) is 14.9 Å². The molecule has 0 radical (unpaired) electrons. The van der Waals surface area contributed by atoms with Gasteiger partial charge in [-0.2, -0.15) is 0 Å². The van der Waals surface area contributed by atoms with E-state index in [1.165, 1.54) is 18.2 Å². The maximum Gasteiger partial charge on any atom is 0.336 e. The quantitative estimate of drug-likeness (QED) is 0.184. The average Bonchev–Trinajstić information content (AvgIpc) is 3.18. The Balaban J connectivity index is 1.36. The van der Waals surface area contributed by atoms with E-state index >= 15 is 0 Å². The number of unbranched alkanes of at least 4 members (excludes halogenated alkanes) is 1. The zero-order valence-electron chi connectivity index (χ0n) is 15.3. The molecule has 0 atom stereocenters. The Morgan fingerprint density at radius 3 is 2.55 bits per heavy atom. The van der Waals surface area contributed by atoms with E-state index in [1.807, 2.05) is 0 Å². The van der Waals surface area contributed by atoms with Crippen LogP contribution in [0, 0.1) is 10.1 Å². The first-order valence-corrected chi connectivity index (χ1v) is 9.06. The van der Waals surface area contributed by atoms with Crippen molar-refractivity contribution in [2.45, 2.75) is 12.8 Å². The van der Waals surface area contributed by atoms with Crippen molar-refractivity contribution in [2.24, 2.45) is 0 Å². The predicted molar refractivity (Wildman–Crippen MR) is 106 cm³/mol. The van der Waals surface area contributed by atoms with Gasteiger partial charge in [0.25, 0.3) is 5.69 Å². The van der Waals surface area contributed by atoms with Crippen LogP contribution in [0.3, 0.4) is 0 Å². The predicted octanol–water partition coefficient (Wildman–Crippen LogP) is 4.69. The van der Waals surface area contributed by atoms with Crippen LogP contribution in [0.1, 0.15) is 12.8 Å². The lowest BCUT2D eigenvalue weighted by molar-refractivity contribution is -0.384. The van der Waals surface area contributed by atoms with Gasteiger partial charge in [0.2, 0.25) is 0 Å². The van der Waals surface area contributed by atoms with Gasteiger partial charge in [-0.1, -0.05) is 6.07 Å². The minimum Gasteiger partial charge on any atom is -0.493 e. The van der Waals surface area contributed by atoms with Crippen LogP contribution in [-0.4, -0.2) is 18.1 Å². The van der Waals surface area contributed by atoms with Crippen molar-refractivity contribution in [2.75, 3.05) is 13.2 Å². The van der Waals surface area contributed by atoms with Gasteiger partial charge in [0.05, 0.1) is 41.2 Å². The van der Waals surface area contributed by atoms with Gasteiger partial charge in [-0.3, -0.25) is 10.1 Å². The molecule has 2 heterocycles. The summed E-state index contributed by atoms with van der Waals surface area (Å²) in [6, 6.07) is 12.6. The van der Waals surface area contributed by atoms with E-state index in [-0.39, 0.29) is 5.69 Å². The normalized spacial score (nSPS) is 11.0. The van der Waals surface area contributed by atoms with Crippen molar-refractivity contribution in [3.8, 4) is 11.5 Å². The van der Waals surface area contributed by atoms with Crippen molar-refractivity contribution >= 4 is 27.6 Å². The van der Waals surface area contributed by atoms with E-state index in [0.29, 0.717) is 54.1 Å². The van der Waals surface area contributed by atoms with Crippen LogP contribution in [0.5, 0.6) is 11.5 Å². The Labute approximate surface area is 164 Å². The third-order valence-corrected chi connectivity index (χ3v) is 4.39. The summed E-state index contributed by atoms with van der Waals surface area (Å²) in [5.74, 6) is 1.07. The molecule has 4 rings (SSSR count). The van der Waals surface area contributed by atoms with Crippen LogP contribution < -0.4 is 15.1 Å². The van der Waals surface area contributed by atoms with Crippen molar-refractivity contribution in [1.82, 2.24) is 0 Å². The second kappa shape index (κ2) is 8.05. The van der Waals surface area contributed by atoms with Crippen LogP contribution in [0.15, 0.2) is 68.4 Å². The standard InChI is InChI=1S/C21H17NO7/c23-20-7-6-16-19(29-20)13-18-17(8-11-27-18)21(16)28-10-2-1-9-26-15-5-3-4-14(12-15)22(24)25/h3-8,11-13H,1-2,9-10H2. The highest BCUT2D eigenvalue weighted by Crippen LogP contribution is 2.35. The van der Waals surface area contributed by atoms with Crippen molar-refractivity contribution in [1.29, 1.82) is 0 Å². The number of non-ortho nitro benzene ring substituents is 1. The van der Waals surface area contributed by atoms with Crippen LogP contribution in [0.2, 0.25) is 0 Å². The van der Waals surface area contributed by atoms with Gasteiger partial charge < -0.3 is 18.3 Å². The number of nitrogens with zero attached hydrogens (tertiary/aromatic N) is 1. The van der Waals surface area contributed by atoms with Crippen LogP contribution in [0.25, 0.3) is 21.9 Å². The molecule has 2 aromatic carbocycles. The highest BCUT2D eigenvalue weighted by Gasteiger charge is 2.13. The first kappa shape index (κ1) is 18.5. The molecule has 8 nitrogen and oxygen atoms in total. The van der Waals surface area contributed by atoms with Crippen molar-refractivity contribution in [3.63, 3.8) is 0 Å². The molecular weight excluding hydrogens is 378 g/mol. The molecule has 0 saturated heterocycles. The number of fused-ring (bicyclic) bond motifs is 2. The van der Waals surface area contributed by atoms with Gasteiger partial charge in [-0.25, -0.2) is 4.79 Å². The highest BCUT2D eigenvalue weighted by atomic mass is 16.6. The summed E-state index contributed by atoms with van der Waals surface area (Å²) in [4.78, 5) is 21.8. The molecule has 148 valence electrons. The van der Waals surface area contributed by atoms with Gasteiger partial charge in [0, 0.05) is 18.2 Å². The molecular formula is C21H17NO7. The van der Waals surface area contributed by atoms with Gasteiger partial charge in [-0.05, 0) is 31.0 Å². The molecule has 0 bridgehead atoms. The third kappa shape index (κ3) is 4.06. The first-order chi connectivity index (χ1) is 14.1. The fourth-order valence-electron chi connectivity index (χ4n) is 3.02. The second-order valence-electron chi connectivity index (χ2n) is 6.36. The molecule has 29 heavy (non-hydrogen) atoms. The number of rotatable bonds is 8. The van der Waals surface area contributed by atoms with Crippen LogP contribution in [-0.2, 0) is 0 Å². The molecule has 0 unspecified atom stereocenters. The van der Waals surface area contributed by atoms with Crippen LogP contribution >= 0.6 is 0 Å². The van der Waals surface area contributed by atoms with Crippen molar-refractivity contribution in [3.05, 3.63) is 75.3 Å². The molecule has 0 aliphatic heterocycles. The number of hydrogen-bond donors (Lipinski definition) is 0. The molecule has 0 amide bonds. The summed E-state index contributed by atoms with van der Waals surface area (Å²) in [5.41, 5.74) is 0.546. The molecule has 4 aromatic rings. The Morgan fingerprint density at radius 2 is 1.72 bits per heavy atom. The van der Waals surface area contributed by atoms with Gasteiger partial charge in [0.15, 0.2) is 0 Å². The number of furan rings is 1. The Morgan fingerprint density at radius 1 is 0.931 bits per heavy atom. The highest BCUT2D eigenvalue weighted by molar-refractivity contribution is 6.01. The minimum atomic E-state index is -0.455. The summed E-state index contributed by atoms with van der Waals surface area (Å²) in [6.45, 7) is 0.840. The van der Waals surface area contributed by atoms with E-state index in [4.69, 9.17) is 18.3 Å². The summed E-state index contributed by atoms with van der Waals surface area (Å²) in [6.07, 6.45) is 2.97. The Hall–Kier alpha value is -3.81. The van der Waals surface area contributed by atoms with E-state index in [1.54, 1.807) is 36.6 Å². The smallest absolute Gasteiger partial charge is 0.336 e. The zero-order valence-corrected chi connectivity index (χ0v) is 15.3. The number of nitro groups is 1. The van der Waals surface area contributed by atoms with Crippen LogP contribution in [0.4, 0.5) is 5.69 Å². The van der Waals surface area contributed by atoms with Gasteiger partial charge >= 0.3 is 5.63 Å². The second-order valence-corrected chi connectivity index (χ2v) is 6.36. The molecule has 2 aromatic heterocycles. The van der Waals surface area contributed by atoms with E-state index < -0.39 is 10.5 Å². The summed E-state index contributed by atoms with van der Waals surface area (Å²) >= 11 is 0. The average molecular weight is 395 g/mol. The number of ether oxygens (including phenoxy) is 2. The summed E-state index contributed by atoms with van der Waals surface area (Å²) in [5, 5.41) is 12.3. The molecule has 0 N–H and O–H groups in total. The fraction of sp³-hybridized carbons (Fsp3) is 0.190. The molecule has 0 aliphatic rings. The zero-order chi connectivity index (χ0) is 20.2. The Kier molecular flexibility index (Phi) is 5.15. The largest absolute Gasteiger partial charge is 0.493 e. The number of benzene rings is 2. The molecule has 0 fully saturated rings. The Bertz CT molecular complexity index is 1220. The fourth-order valence-corrected chi connectivity index (χ4v) is 3.02. The molecule has 8 heteroatoms. The minimum absolute atomic E-state index is 0.00225. The first-order valence-electron chi connectivity index (χ1n) is 9.06. The van der Waals surface area contributed by atoms with E-state index in [2.05, 4.69) is 0 Å². The maximum atomic E-state index is 11.5. The monoisotopic (exact) mass is 395 g/mol. The lowest BCUT2D eigenvalue weighted by Gasteiger charge is -2.10. The van der Waals surface area contributed by atoms with Gasteiger partial charge in [0.1, 0.15) is 22.7 Å². The van der Waals surface area contributed by atoms with E-state index in [0.717, 1.165) is 5.39 Å². The summed E-state index contributed by atoms with van der Waals surface area (Å²) < 4.78 is 22.2. The molecule has 0 saturated carbocycles. The number of hydrogen-bond acceptors (Lipinski definition) is 7. The maximum absolute atomic E-state index is 11.5. The number of nitro benzene ring substituents is 1. The molecule has 0 aliphatic carbocycles. The summed E-state index contributed by atoms with van der Waals surface area (Å²) in [7, 11) is 0. The lowest BCUT2D eigenvalue weighted by Crippen LogP contribution is -2.04. The topological polar surface area (TPSA) is 105 Å². The van der Waals surface area contributed by atoms with Crippen molar-refractivity contribution < 1.29 is 23.2 Å². The third-order valence-electron chi connectivity index (χ3n) is 4.39. The lowest BCUT2D eigenvalue weighted by atomic mass is 10.1. The SMILES string of the molecule is O=c1ccc2c(OCCCCOc3cccc([N+](=O)[O-])c3)c3ccoc3cc2o1.